The van der Waals surface area contributed by atoms with Gasteiger partial charge in [0.05, 0.1) is 11.8 Å². The standard InChI is InChI=1S/C18H22N4O2/c1-2-22-13-15(11-19-22)17(23)20-16-9-6-10-21(18(16)24)12-14-7-4-3-5-8-14/h3-5,7-8,11,13,16H,2,6,9-10,12H2,1H3,(H,20,23)/t16-/m1/s1. The summed E-state index contributed by atoms with van der Waals surface area (Å²) in [7, 11) is 0. The summed E-state index contributed by atoms with van der Waals surface area (Å²) in [4.78, 5) is 26.8. The minimum absolute atomic E-state index is 0.0127. The third-order valence-electron chi connectivity index (χ3n) is 4.27. The number of carbonyl (C=O) groups is 2. The number of piperidine rings is 1. The van der Waals surface area contributed by atoms with Gasteiger partial charge < -0.3 is 10.2 Å². The van der Waals surface area contributed by atoms with Crippen LogP contribution in [0.3, 0.4) is 0 Å². The highest BCUT2D eigenvalue weighted by molar-refractivity contribution is 5.97. The number of hydrogen-bond donors (Lipinski definition) is 1. The molecule has 0 aliphatic carbocycles. The summed E-state index contributed by atoms with van der Waals surface area (Å²) in [5.74, 6) is -0.254. The summed E-state index contributed by atoms with van der Waals surface area (Å²) in [6, 6.07) is 9.45. The molecule has 0 unspecified atom stereocenters. The topological polar surface area (TPSA) is 67.2 Å². The number of aryl methyl sites for hydroxylation is 1. The average Bonchev–Trinajstić information content (AvgIpc) is 3.09. The maximum atomic E-state index is 12.6. The molecule has 1 N–H and O–H groups in total. The van der Waals surface area contributed by atoms with Gasteiger partial charge >= 0.3 is 0 Å². The van der Waals surface area contributed by atoms with Gasteiger partial charge in [-0.05, 0) is 25.3 Å². The quantitative estimate of drug-likeness (QED) is 0.911. The van der Waals surface area contributed by atoms with Gasteiger partial charge in [0, 0.05) is 25.8 Å². The third kappa shape index (κ3) is 3.64. The van der Waals surface area contributed by atoms with Crippen LogP contribution in [0.25, 0.3) is 0 Å². The van der Waals surface area contributed by atoms with Gasteiger partial charge in [0.25, 0.3) is 5.91 Å². The highest BCUT2D eigenvalue weighted by Crippen LogP contribution is 2.15. The van der Waals surface area contributed by atoms with Crippen LogP contribution < -0.4 is 5.32 Å². The van der Waals surface area contributed by atoms with Crippen LogP contribution in [-0.2, 0) is 17.9 Å². The number of carbonyl (C=O) groups excluding carboxylic acids is 2. The molecule has 1 aliphatic rings. The molecule has 126 valence electrons. The van der Waals surface area contributed by atoms with E-state index in [1.165, 1.54) is 6.20 Å². The fourth-order valence-corrected chi connectivity index (χ4v) is 2.93. The molecule has 2 amide bonds. The molecule has 6 nitrogen and oxygen atoms in total. The van der Waals surface area contributed by atoms with Crippen molar-refractivity contribution in [1.82, 2.24) is 20.0 Å². The van der Waals surface area contributed by atoms with E-state index >= 15 is 0 Å². The first-order valence-corrected chi connectivity index (χ1v) is 8.33. The Morgan fingerprint density at radius 3 is 2.83 bits per heavy atom. The molecule has 1 atom stereocenters. The molecule has 3 rings (SSSR count). The number of aromatic nitrogens is 2. The van der Waals surface area contributed by atoms with Crippen LogP contribution in [0.4, 0.5) is 0 Å². The van der Waals surface area contributed by atoms with Gasteiger partial charge in [-0.15, -0.1) is 0 Å². The van der Waals surface area contributed by atoms with E-state index in [9.17, 15) is 9.59 Å². The van der Waals surface area contributed by atoms with E-state index in [2.05, 4.69) is 10.4 Å². The molecule has 0 spiro atoms. The molecule has 1 aromatic carbocycles. The first-order valence-electron chi connectivity index (χ1n) is 8.33. The number of amides is 2. The Labute approximate surface area is 141 Å². The smallest absolute Gasteiger partial charge is 0.255 e. The number of likely N-dealkylation sites (tertiary alicyclic amines) is 1. The van der Waals surface area contributed by atoms with Crippen molar-refractivity contribution in [3.63, 3.8) is 0 Å². The minimum atomic E-state index is -0.458. The highest BCUT2D eigenvalue weighted by Gasteiger charge is 2.30. The molecule has 2 heterocycles. The molecule has 0 saturated carbocycles. The Morgan fingerprint density at radius 1 is 1.33 bits per heavy atom. The van der Waals surface area contributed by atoms with E-state index in [0.29, 0.717) is 25.1 Å². The maximum Gasteiger partial charge on any atom is 0.255 e. The summed E-state index contributed by atoms with van der Waals surface area (Å²) in [5, 5.41) is 6.95. The number of benzene rings is 1. The molecule has 2 aromatic rings. The van der Waals surface area contributed by atoms with Crippen LogP contribution in [0, 0.1) is 0 Å². The lowest BCUT2D eigenvalue weighted by atomic mass is 10.0. The summed E-state index contributed by atoms with van der Waals surface area (Å²) in [6.45, 7) is 3.98. The van der Waals surface area contributed by atoms with Crippen LogP contribution in [0.15, 0.2) is 42.7 Å². The summed E-state index contributed by atoms with van der Waals surface area (Å²) in [5.41, 5.74) is 1.59. The molecule has 0 radical (unpaired) electrons. The Morgan fingerprint density at radius 2 is 2.12 bits per heavy atom. The molecule has 1 fully saturated rings. The SMILES string of the molecule is CCn1cc(C(=O)N[C@@H]2CCCN(Cc3ccccc3)C2=O)cn1. The summed E-state index contributed by atoms with van der Waals surface area (Å²) in [6.07, 6.45) is 4.80. The van der Waals surface area contributed by atoms with Crippen molar-refractivity contribution in [2.45, 2.75) is 38.9 Å². The predicted octanol–water partition coefficient (Wildman–Crippen LogP) is 1.82. The number of rotatable bonds is 5. The van der Waals surface area contributed by atoms with Gasteiger partial charge in [-0.3, -0.25) is 14.3 Å². The third-order valence-corrected chi connectivity index (χ3v) is 4.27. The van der Waals surface area contributed by atoms with Crippen LogP contribution in [0.5, 0.6) is 0 Å². The predicted molar refractivity (Wildman–Crippen MR) is 90.2 cm³/mol. The maximum absolute atomic E-state index is 12.6. The monoisotopic (exact) mass is 326 g/mol. The van der Waals surface area contributed by atoms with E-state index in [1.807, 2.05) is 42.2 Å². The lowest BCUT2D eigenvalue weighted by Crippen LogP contribution is -2.51. The summed E-state index contributed by atoms with van der Waals surface area (Å²) >= 11 is 0. The second kappa shape index (κ2) is 7.29. The number of nitrogens with one attached hydrogen (secondary N) is 1. The van der Waals surface area contributed by atoms with E-state index < -0.39 is 6.04 Å². The van der Waals surface area contributed by atoms with Gasteiger partial charge in [-0.25, -0.2) is 0 Å². The van der Waals surface area contributed by atoms with Crippen LogP contribution >= 0.6 is 0 Å². The Kier molecular flexibility index (Phi) is 4.93. The normalized spacial score (nSPS) is 17.8. The van der Waals surface area contributed by atoms with Crippen molar-refractivity contribution in [2.24, 2.45) is 0 Å². The molecule has 1 saturated heterocycles. The first-order chi connectivity index (χ1) is 11.7. The van der Waals surface area contributed by atoms with Crippen molar-refractivity contribution < 1.29 is 9.59 Å². The fourth-order valence-electron chi connectivity index (χ4n) is 2.93. The van der Waals surface area contributed by atoms with Crippen molar-refractivity contribution in [3.05, 3.63) is 53.9 Å². The van der Waals surface area contributed by atoms with E-state index in [-0.39, 0.29) is 11.8 Å². The molecule has 1 aliphatic heterocycles. The Bertz CT molecular complexity index is 711. The van der Waals surface area contributed by atoms with Crippen LogP contribution in [-0.4, -0.2) is 39.1 Å². The Balaban J connectivity index is 1.63. The van der Waals surface area contributed by atoms with Crippen LogP contribution in [0.2, 0.25) is 0 Å². The van der Waals surface area contributed by atoms with E-state index in [0.717, 1.165) is 18.5 Å². The second-order valence-corrected chi connectivity index (χ2v) is 6.00. The fraction of sp³-hybridized carbons (Fsp3) is 0.389. The van der Waals surface area contributed by atoms with Gasteiger partial charge in [0.1, 0.15) is 6.04 Å². The highest BCUT2D eigenvalue weighted by atomic mass is 16.2. The van der Waals surface area contributed by atoms with Crippen molar-refractivity contribution in [3.8, 4) is 0 Å². The molecular weight excluding hydrogens is 304 g/mol. The van der Waals surface area contributed by atoms with Crippen molar-refractivity contribution in [2.75, 3.05) is 6.54 Å². The zero-order chi connectivity index (χ0) is 16.9. The minimum Gasteiger partial charge on any atom is -0.340 e. The molecule has 0 bridgehead atoms. The van der Waals surface area contributed by atoms with Gasteiger partial charge in [0.15, 0.2) is 0 Å². The van der Waals surface area contributed by atoms with Gasteiger partial charge in [-0.1, -0.05) is 30.3 Å². The zero-order valence-electron chi connectivity index (χ0n) is 13.8. The van der Waals surface area contributed by atoms with Crippen molar-refractivity contribution >= 4 is 11.8 Å². The van der Waals surface area contributed by atoms with E-state index in [4.69, 9.17) is 0 Å². The van der Waals surface area contributed by atoms with E-state index in [1.54, 1.807) is 10.9 Å². The first kappa shape index (κ1) is 16.2. The van der Waals surface area contributed by atoms with Crippen LogP contribution in [0.1, 0.15) is 35.7 Å². The number of hydrogen-bond acceptors (Lipinski definition) is 3. The molecular formula is C18H22N4O2. The largest absolute Gasteiger partial charge is 0.340 e. The van der Waals surface area contributed by atoms with Crippen molar-refractivity contribution in [1.29, 1.82) is 0 Å². The number of nitrogens with zero attached hydrogens (tertiary/aromatic N) is 3. The molecule has 1 aromatic heterocycles. The molecule has 6 heteroatoms. The average molecular weight is 326 g/mol. The lowest BCUT2D eigenvalue weighted by Gasteiger charge is -2.32. The van der Waals surface area contributed by atoms with Gasteiger partial charge in [0.2, 0.25) is 5.91 Å². The second-order valence-electron chi connectivity index (χ2n) is 6.00. The lowest BCUT2D eigenvalue weighted by molar-refractivity contribution is -0.136. The summed E-state index contributed by atoms with van der Waals surface area (Å²) < 4.78 is 1.69. The zero-order valence-corrected chi connectivity index (χ0v) is 13.8. The Hall–Kier alpha value is -2.63. The van der Waals surface area contributed by atoms with Gasteiger partial charge in [-0.2, -0.15) is 5.10 Å². The molecule has 24 heavy (non-hydrogen) atoms.